The molecule has 0 saturated carbocycles. The molecule has 0 bridgehead atoms. The van der Waals surface area contributed by atoms with Gasteiger partial charge in [0.25, 0.3) is 0 Å². The third kappa shape index (κ3) is 4.04. The van der Waals surface area contributed by atoms with Gasteiger partial charge in [-0.2, -0.15) is 0 Å². The van der Waals surface area contributed by atoms with Crippen LogP contribution in [0.25, 0.3) is 74.8 Å². The highest BCUT2D eigenvalue weighted by Crippen LogP contribution is 2.48. The van der Waals surface area contributed by atoms with Crippen molar-refractivity contribution in [2.24, 2.45) is 0 Å². The van der Waals surface area contributed by atoms with Gasteiger partial charge in [-0.25, -0.2) is 0 Å². The summed E-state index contributed by atoms with van der Waals surface area (Å²) in [7, 11) is 0. The molecule has 0 aliphatic carbocycles. The number of benzene rings is 8. The maximum Gasteiger partial charge on any atom is 0.143 e. The van der Waals surface area contributed by atoms with E-state index >= 15 is 0 Å². The molecule has 220 valence electrons. The van der Waals surface area contributed by atoms with Gasteiger partial charge in [0.15, 0.2) is 0 Å². The van der Waals surface area contributed by atoms with Crippen molar-refractivity contribution in [3.8, 4) is 11.1 Å². The third-order valence-electron chi connectivity index (χ3n) is 9.43. The van der Waals surface area contributed by atoms with E-state index in [9.17, 15) is 0 Å². The van der Waals surface area contributed by atoms with E-state index in [1.807, 2.05) is 11.3 Å². The van der Waals surface area contributed by atoms with Gasteiger partial charge < -0.3 is 9.32 Å². The summed E-state index contributed by atoms with van der Waals surface area (Å²) in [5.74, 6) is 0. The SMILES string of the molecule is c1ccc(N(c2cccc3ccccc23)c2cc3c(oc4cccc(-c5ccc6c(c5)sc5ccccc56)c43)c3ccccc23)cc1. The predicted octanol–water partition coefficient (Wildman–Crippen LogP) is 13.4. The molecule has 3 heteroatoms. The Balaban J connectivity index is 1.29. The van der Waals surface area contributed by atoms with Crippen molar-refractivity contribution in [1.29, 1.82) is 0 Å². The minimum atomic E-state index is 0.896. The Morgan fingerprint density at radius 2 is 1.15 bits per heavy atom. The van der Waals surface area contributed by atoms with E-state index in [-0.39, 0.29) is 0 Å². The highest BCUT2D eigenvalue weighted by molar-refractivity contribution is 7.25. The number of rotatable bonds is 4. The van der Waals surface area contributed by atoms with Crippen molar-refractivity contribution in [3.63, 3.8) is 0 Å². The molecule has 2 nitrogen and oxygen atoms in total. The molecule has 10 aromatic rings. The van der Waals surface area contributed by atoms with E-state index < -0.39 is 0 Å². The first-order valence-corrected chi connectivity index (χ1v) is 16.7. The first kappa shape index (κ1) is 26.3. The summed E-state index contributed by atoms with van der Waals surface area (Å²) in [4.78, 5) is 2.41. The van der Waals surface area contributed by atoms with E-state index in [4.69, 9.17) is 4.42 Å². The van der Waals surface area contributed by atoms with E-state index in [0.29, 0.717) is 0 Å². The normalized spacial score (nSPS) is 11.8. The zero-order chi connectivity index (χ0) is 30.9. The Morgan fingerprint density at radius 3 is 2.04 bits per heavy atom. The third-order valence-corrected chi connectivity index (χ3v) is 10.6. The average Bonchev–Trinajstić information content (AvgIpc) is 3.70. The van der Waals surface area contributed by atoms with Crippen molar-refractivity contribution in [2.45, 2.75) is 0 Å². The second-order valence-electron chi connectivity index (χ2n) is 12.1. The van der Waals surface area contributed by atoms with E-state index in [2.05, 4.69) is 169 Å². The van der Waals surface area contributed by atoms with Crippen LogP contribution < -0.4 is 4.90 Å². The van der Waals surface area contributed by atoms with Crippen LogP contribution in [0.15, 0.2) is 168 Å². The van der Waals surface area contributed by atoms with E-state index in [0.717, 1.165) is 49.8 Å². The van der Waals surface area contributed by atoms with Crippen molar-refractivity contribution in [3.05, 3.63) is 164 Å². The number of hydrogen-bond donors (Lipinski definition) is 0. The molecule has 0 aliphatic rings. The van der Waals surface area contributed by atoms with Gasteiger partial charge in [0.1, 0.15) is 11.2 Å². The predicted molar refractivity (Wildman–Crippen MR) is 202 cm³/mol. The lowest BCUT2D eigenvalue weighted by atomic mass is 9.96. The van der Waals surface area contributed by atoms with Crippen molar-refractivity contribution >= 4 is 92.1 Å². The monoisotopic (exact) mass is 617 g/mol. The summed E-state index contributed by atoms with van der Waals surface area (Å²) < 4.78 is 9.38. The van der Waals surface area contributed by atoms with Gasteiger partial charge in [0, 0.05) is 52.8 Å². The molecule has 0 unspecified atom stereocenters. The number of nitrogens with zero attached hydrogens (tertiary/aromatic N) is 1. The number of furan rings is 1. The molecule has 10 rings (SSSR count). The fourth-order valence-corrected chi connectivity index (χ4v) is 8.48. The van der Waals surface area contributed by atoms with Gasteiger partial charge in [0.2, 0.25) is 0 Å². The molecule has 0 saturated heterocycles. The molecule has 0 aliphatic heterocycles. The first-order chi connectivity index (χ1) is 23.3. The summed E-state index contributed by atoms with van der Waals surface area (Å²) in [5.41, 5.74) is 7.55. The molecular weight excluding hydrogens is 591 g/mol. The number of para-hydroxylation sites is 1. The molecule has 8 aromatic carbocycles. The fourth-order valence-electron chi connectivity index (χ4n) is 7.34. The number of thiophene rings is 1. The Hall–Kier alpha value is -5.90. The van der Waals surface area contributed by atoms with Crippen LogP contribution in [-0.2, 0) is 0 Å². The van der Waals surface area contributed by atoms with Gasteiger partial charge in [0.05, 0.1) is 11.4 Å². The average molecular weight is 618 g/mol. The number of hydrogen-bond acceptors (Lipinski definition) is 3. The van der Waals surface area contributed by atoms with Crippen LogP contribution in [-0.4, -0.2) is 0 Å². The molecule has 0 radical (unpaired) electrons. The van der Waals surface area contributed by atoms with Gasteiger partial charge in [-0.15, -0.1) is 11.3 Å². The van der Waals surface area contributed by atoms with Crippen LogP contribution >= 0.6 is 11.3 Å². The lowest BCUT2D eigenvalue weighted by Gasteiger charge is -2.28. The molecule has 47 heavy (non-hydrogen) atoms. The molecule has 2 heterocycles. The Labute approximate surface area is 275 Å². The molecule has 0 atom stereocenters. The molecule has 0 fully saturated rings. The molecular formula is C44H27NOS. The minimum absolute atomic E-state index is 0.896. The van der Waals surface area contributed by atoms with E-state index in [1.165, 1.54) is 42.1 Å². The largest absolute Gasteiger partial charge is 0.455 e. The van der Waals surface area contributed by atoms with Crippen LogP contribution in [0.3, 0.4) is 0 Å². The number of anilines is 3. The first-order valence-electron chi connectivity index (χ1n) is 15.9. The van der Waals surface area contributed by atoms with Crippen LogP contribution in [0.1, 0.15) is 0 Å². The molecule has 0 amide bonds. The van der Waals surface area contributed by atoms with Gasteiger partial charge in [-0.3, -0.25) is 0 Å². The van der Waals surface area contributed by atoms with Crippen LogP contribution in [0.4, 0.5) is 17.1 Å². The summed E-state index contributed by atoms with van der Waals surface area (Å²) in [6, 6.07) is 58.9. The smallest absolute Gasteiger partial charge is 0.143 e. The van der Waals surface area contributed by atoms with Crippen LogP contribution in [0.2, 0.25) is 0 Å². The highest BCUT2D eigenvalue weighted by Gasteiger charge is 2.22. The summed E-state index contributed by atoms with van der Waals surface area (Å²) in [6.45, 7) is 0. The molecule has 2 aromatic heterocycles. The summed E-state index contributed by atoms with van der Waals surface area (Å²) in [5, 5.41) is 9.54. The van der Waals surface area contributed by atoms with Crippen molar-refractivity contribution in [2.75, 3.05) is 4.90 Å². The van der Waals surface area contributed by atoms with Crippen molar-refractivity contribution in [1.82, 2.24) is 0 Å². The molecule has 0 spiro atoms. The second-order valence-corrected chi connectivity index (χ2v) is 13.2. The zero-order valence-electron chi connectivity index (χ0n) is 25.4. The topological polar surface area (TPSA) is 16.4 Å². The van der Waals surface area contributed by atoms with Crippen LogP contribution in [0, 0.1) is 0 Å². The fraction of sp³-hybridized carbons (Fsp3) is 0. The number of fused-ring (bicyclic) bond motifs is 9. The quantitative estimate of drug-likeness (QED) is 0.195. The van der Waals surface area contributed by atoms with Gasteiger partial charge in [-0.1, -0.05) is 121 Å². The Morgan fingerprint density at radius 1 is 0.447 bits per heavy atom. The standard InChI is InChI=1S/C44H27NOS/c1-2-14-30(15-3-1)45(38-21-10-13-28-12-4-5-16-31(28)38)39-27-37-43-32(20-11-22-40(43)46-44(37)36-19-7-6-17-33(36)39)29-24-25-35-34-18-8-9-23-41(34)47-42(35)26-29/h1-27H. The van der Waals surface area contributed by atoms with Crippen molar-refractivity contribution < 1.29 is 4.42 Å². The van der Waals surface area contributed by atoms with E-state index in [1.54, 1.807) is 0 Å². The maximum absolute atomic E-state index is 6.76. The van der Waals surface area contributed by atoms with Crippen LogP contribution in [0.5, 0.6) is 0 Å². The second kappa shape index (κ2) is 10.3. The Bertz CT molecular complexity index is 2800. The highest BCUT2D eigenvalue weighted by atomic mass is 32.1. The molecule has 0 N–H and O–H groups in total. The summed E-state index contributed by atoms with van der Waals surface area (Å²) >= 11 is 1.86. The van der Waals surface area contributed by atoms with Gasteiger partial charge >= 0.3 is 0 Å². The zero-order valence-corrected chi connectivity index (χ0v) is 26.2. The Kier molecular flexibility index (Phi) is 5.78. The lowest BCUT2D eigenvalue weighted by Crippen LogP contribution is -2.11. The lowest BCUT2D eigenvalue weighted by molar-refractivity contribution is 0.673. The minimum Gasteiger partial charge on any atom is -0.455 e. The maximum atomic E-state index is 6.76. The van der Waals surface area contributed by atoms with Gasteiger partial charge in [-0.05, 0) is 59.0 Å². The summed E-state index contributed by atoms with van der Waals surface area (Å²) in [6.07, 6.45) is 0.